The Morgan fingerprint density at radius 2 is 1.54 bits per heavy atom. The maximum absolute atomic E-state index is 12.8. The van der Waals surface area contributed by atoms with Crippen LogP contribution in [0.4, 0.5) is 0 Å². The van der Waals surface area contributed by atoms with E-state index in [4.69, 9.17) is 0 Å². The van der Waals surface area contributed by atoms with Gasteiger partial charge in [-0.2, -0.15) is 0 Å². The molecule has 3 N–H and O–H groups in total. The van der Waals surface area contributed by atoms with Gasteiger partial charge in [-0.3, -0.25) is 0 Å². The first-order valence-electron chi connectivity index (χ1n) is 8.45. The molecule has 2 aromatic rings. The Bertz CT molecular complexity index is 841. The monoisotopic (exact) mass is 347 g/mol. The van der Waals surface area contributed by atoms with Gasteiger partial charge in [0.25, 0.3) is 0 Å². The van der Waals surface area contributed by atoms with Crippen molar-refractivity contribution in [3.8, 4) is 0 Å². The molecule has 0 bridgehead atoms. The fraction of sp³-hybridized carbons (Fsp3) is 0.474. The minimum Gasteiger partial charge on any atom is -0.337 e. The van der Waals surface area contributed by atoms with Gasteiger partial charge in [-0.1, -0.05) is 30.3 Å². The Balaban J connectivity index is 1.87. The number of quaternary nitrogens is 1. The number of nitrogens with one attached hydrogen (secondary N) is 1. The molecule has 0 amide bonds. The van der Waals surface area contributed by atoms with Gasteiger partial charge in [-0.05, 0) is 50.6 Å². The van der Waals surface area contributed by atoms with Crippen molar-refractivity contribution in [3.63, 3.8) is 0 Å². The van der Waals surface area contributed by atoms with Crippen LogP contribution in [-0.4, -0.2) is 25.5 Å². The van der Waals surface area contributed by atoms with Crippen LogP contribution in [0.1, 0.15) is 40.5 Å². The highest BCUT2D eigenvalue weighted by atomic mass is 32.2. The molecule has 3 rings (SSSR count). The minimum absolute atomic E-state index is 0.0261. The summed E-state index contributed by atoms with van der Waals surface area (Å²) in [5, 5.41) is 4.34. The maximum Gasteiger partial charge on any atom is 0.240 e. The van der Waals surface area contributed by atoms with Crippen LogP contribution in [0.2, 0.25) is 0 Å². The lowest BCUT2D eigenvalue weighted by molar-refractivity contribution is -0.787. The highest BCUT2D eigenvalue weighted by Gasteiger charge is 2.42. The van der Waals surface area contributed by atoms with Crippen LogP contribution >= 0.6 is 0 Å². The first kappa shape index (κ1) is 17.4. The summed E-state index contributed by atoms with van der Waals surface area (Å²) in [6.07, 6.45) is 1.65. The predicted octanol–water partition coefficient (Wildman–Crippen LogP) is 2.40. The fourth-order valence-corrected chi connectivity index (χ4v) is 5.49. The lowest BCUT2D eigenvalue weighted by atomic mass is 9.80. The molecule has 130 valence electrons. The molecule has 4 nitrogen and oxygen atoms in total. The van der Waals surface area contributed by atoms with E-state index in [1.165, 1.54) is 0 Å². The Morgan fingerprint density at radius 3 is 2.17 bits per heavy atom. The van der Waals surface area contributed by atoms with Gasteiger partial charge in [0.2, 0.25) is 10.0 Å². The van der Waals surface area contributed by atoms with E-state index < -0.39 is 10.0 Å². The molecule has 1 aliphatic heterocycles. The SMILES string of the molecule is CC1(C)CC(NS(=O)(=O)c2ccc3ccccc3c2)CC(C)(C)[NH2+]1. The molecule has 0 unspecified atom stereocenters. The third-order valence-corrected chi connectivity index (χ3v) is 6.20. The highest BCUT2D eigenvalue weighted by molar-refractivity contribution is 7.89. The van der Waals surface area contributed by atoms with Crippen molar-refractivity contribution in [2.24, 2.45) is 0 Å². The van der Waals surface area contributed by atoms with Gasteiger partial charge in [0.1, 0.15) is 0 Å². The van der Waals surface area contributed by atoms with Gasteiger partial charge >= 0.3 is 0 Å². The van der Waals surface area contributed by atoms with Crippen molar-refractivity contribution in [1.29, 1.82) is 0 Å². The number of piperidine rings is 1. The third kappa shape index (κ3) is 3.79. The lowest BCUT2D eigenvalue weighted by Gasteiger charge is -2.43. The number of rotatable bonds is 3. The van der Waals surface area contributed by atoms with Gasteiger partial charge in [0, 0.05) is 18.9 Å². The Hall–Kier alpha value is -1.43. The highest BCUT2D eigenvalue weighted by Crippen LogP contribution is 2.24. The van der Waals surface area contributed by atoms with Gasteiger partial charge in [-0.25, -0.2) is 13.1 Å². The van der Waals surface area contributed by atoms with Crippen LogP contribution in [0.15, 0.2) is 47.4 Å². The predicted molar refractivity (Wildman–Crippen MR) is 97.4 cm³/mol. The molecule has 0 saturated carbocycles. The second-order valence-electron chi connectivity index (χ2n) is 8.36. The molecule has 2 aromatic carbocycles. The van der Waals surface area contributed by atoms with E-state index in [-0.39, 0.29) is 17.1 Å². The second kappa shape index (κ2) is 5.83. The Morgan fingerprint density at radius 1 is 0.958 bits per heavy atom. The fourth-order valence-electron chi connectivity index (χ4n) is 4.22. The zero-order valence-electron chi connectivity index (χ0n) is 14.8. The summed E-state index contributed by atoms with van der Waals surface area (Å²) in [5.74, 6) is 0. The standard InChI is InChI=1S/C19H26N2O2S/c1-18(2)12-16(13-19(3,4)21-18)20-24(22,23)17-10-9-14-7-5-6-8-15(14)11-17/h5-11,16,20-21H,12-13H2,1-4H3/p+1. The maximum atomic E-state index is 12.8. The Labute approximate surface area is 144 Å². The number of fused-ring (bicyclic) bond motifs is 1. The van der Waals surface area contributed by atoms with Crippen molar-refractivity contribution in [2.75, 3.05) is 0 Å². The molecule has 1 fully saturated rings. The first-order chi connectivity index (χ1) is 11.1. The molecule has 0 radical (unpaired) electrons. The quantitative estimate of drug-likeness (QED) is 0.895. The summed E-state index contributed by atoms with van der Waals surface area (Å²) in [6.45, 7) is 8.69. The van der Waals surface area contributed by atoms with E-state index in [0.717, 1.165) is 23.6 Å². The van der Waals surface area contributed by atoms with E-state index in [1.807, 2.05) is 30.3 Å². The van der Waals surface area contributed by atoms with Crippen LogP contribution in [0.25, 0.3) is 10.8 Å². The molecule has 1 heterocycles. The summed E-state index contributed by atoms with van der Waals surface area (Å²) in [5.41, 5.74) is 0.0522. The van der Waals surface area contributed by atoms with Crippen LogP contribution in [0.5, 0.6) is 0 Å². The summed E-state index contributed by atoms with van der Waals surface area (Å²) < 4.78 is 28.6. The van der Waals surface area contributed by atoms with E-state index in [2.05, 4.69) is 37.7 Å². The number of hydrogen-bond acceptors (Lipinski definition) is 2. The van der Waals surface area contributed by atoms with Crippen LogP contribution in [0, 0.1) is 0 Å². The summed E-state index contributed by atoms with van der Waals surface area (Å²) in [7, 11) is -3.52. The van der Waals surface area contributed by atoms with Crippen molar-refractivity contribution in [2.45, 2.75) is 62.6 Å². The van der Waals surface area contributed by atoms with Crippen LogP contribution in [-0.2, 0) is 10.0 Å². The van der Waals surface area contributed by atoms with E-state index in [1.54, 1.807) is 12.1 Å². The van der Waals surface area contributed by atoms with Crippen LogP contribution in [0.3, 0.4) is 0 Å². The average Bonchev–Trinajstić information content (AvgIpc) is 2.42. The largest absolute Gasteiger partial charge is 0.337 e. The van der Waals surface area contributed by atoms with Crippen molar-refractivity contribution < 1.29 is 13.7 Å². The average molecular weight is 348 g/mol. The number of hydrogen-bond donors (Lipinski definition) is 2. The number of nitrogens with two attached hydrogens (primary N) is 1. The minimum atomic E-state index is -3.52. The molecular formula is C19H27N2O2S+. The van der Waals surface area contributed by atoms with Crippen LogP contribution < -0.4 is 10.0 Å². The zero-order valence-corrected chi connectivity index (χ0v) is 15.7. The second-order valence-corrected chi connectivity index (χ2v) is 10.1. The molecule has 24 heavy (non-hydrogen) atoms. The molecule has 0 atom stereocenters. The van der Waals surface area contributed by atoms with Gasteiger partial charge in [0.05, 0.1) is 16.0 Å². The molecule has 0 spiro atoms. The van der Waals surface area contributed by atoms with Gasteiger partial charge < -0.3 is 5.32 Å². The molecule has 0 aliphatic carbocycles. The smallest absolute Gasteiger partial charge is 0.240 e. The summed E-state index contributed by atoms with van der Waals surface area (Å²) >= 11 is 0. The lowest BCUT2D eigenvalue weighted by Crippen LogP contribution is -3.06. The Kier molecular flexibility index (Phi) is 4.22. The third-order valence-electron chi connectivity index (χ3n) is 4.68. The normalized spacial score (nSPS) is 21.0. The van der Waals surface area contributed by atoms with E-state index in [9.17, 15) is 8.42 Å². The number of benzene rings is 2. The van der Waals surface area contributed by atoms with E-state index >= 15 is 0 Å². The van der Waals surface area contributed by atoms with Gasteiger partial charge in [-0.15, -0.1) is 0 Å². The summed E-state index contributed by atoms with van der Waals surface area (Å²) in [6, 6.07) is 13.1. The molecule has 0 aromatic heterocycles. The molecule has 1 aliphatic rings. The molecule has 5 heteroatoms. The molecular weight excluding hydrogens is 320 g/mol. The van der Waals surface area contributed by atoms with Gasteiger partial charge in [0.15, 0.2) is 0 Å². The molecule has 1 saturated heterocycles. The summed E-state index contributed by atoms with van der Waals surface area (Å²) in [4.78, 5) is 0.339. The zero-order chi connectivity index (χ0) is 17.6. The number of sulfonamides is 1. The topological polar surface area (TPSA) is 62.8 Å². The van der Waals surface area contributed by atoms with Crippen molar-refractivity contribution in [3.05, 3.63) is 42.5 Å². The van der Waals surface area contributed by atoms with E-state index in [0.29, 0.717) is 4.90 Å². The van der Waals surface area contributed by atoms with Crippen molar-refractivity contribution in [1.82, 2.24) is 4.72 Å². The van der Waals surface area contributed by atoms with Crippen molar-refractivity contribution >= 4 is 20.8 Å². The first-order valence-corrected chi connectivity index (χ1v) is 9.93.